The third kappa shape index (κ3) is 2.87. The van der Waals surface area contributed by atoms with Crippen LogP contribution >= 0.6 is 11.8 Å². The van der Waals surface area contributed by atoms with Crippen molar-refractivity contribution in [1.29, 1.82) is 0 Å². The molecule has 92 valence electrons. The topological polar surface area (TPSA) is 43.1 Å². The Morgan fingerprint density at radius 3 is 2.50 bits per heavy atom. The molecular formula is C13H10FNO2S. The van der Waals surface area contributed by atoms with Crippen molar-refractivity contribution in [2.75, 3.05) is 0 Å². The van der Waals surface area contributed by atoms with E-state index in [-0.39, 0.29) is 10.6 Å². The first-order valence-electron chi connectivity index (χ1n) is 5.28. The Hall–Kier alpha value is -1.88. The Kier molecular flexibility index (Phi) is 3.94. The van der Waals surface area contributed by atoms with Crippen LogP contribution in [0.4, 0.5) is 10.1 Å². The molecule has 0 atom stereocenters. The van der Waals surface area contributed by atoms with Crippen LogP contribution in [0.3, 0.4) is 0 Å². The lowest BCUT2D eigenvalue weighted by atomic mass is 10.2. The molecular weight excluding hydrogens is 253 g/mol. The minimum atomic E-state index is -0.559. The number of nitrogens with zero attached hydrogens (tertiary/aromatic N) is 1. The third-order valence-electron chi connectivity index (χ3n) is 2.37. The summed E-state index contributed by atoms with van der Waals surface area (Å²) in [6.07, 6.45) is 0. The standard InChI is InChI=1S/C13H10FNO2S/c14-11-7-4-8-12(15(16)17)13(11)18-9-10-5-2-1-3-6-10/h1-8H,9H2. The van der Waals surface area contributed by atoms with E-state index in [4.69, 9.17) is 0 Å². The van der Waals surface area contributed by atoms with E-state index in [1.807, 2.05) is 30.3 Å². The van der Waals surface area contributed by atoms with E-state index in [0.29, 0.717) is 5.75 Å². The molecule has 0 saturated carbocycles. The Balaban J connectivity index is 2.21. The number of benzene rings is 2. The van der Waals surface area contributed by atoms with E-state index >= 15 is 0 Å². The highest BCUT2D eigenvalue weighted by Crippen LogP contribution is 2.33. The number of rotatable bonds is 4. The van der Waals surface area contributed by atoms with Gasteiger partial charge in [0.1, 0.15) is 10.7 Å². The Bertz CT molecular complexity index is 560. The highest BCUT2D eigenvalue weighted by atomic mass is 32.2. The van der Waals surface area contributed by atoms with E-state index in [2.05, 4.69) is 0 Å². The smallest absolute Gasteiger partial charge is 0.258 e. The summed E-state index contributed by atoms with van der Waals surface area (Å²) in [6, 6.07) is 13.4. The van der Waals surface area contributed by atoms with E-state index in [1.54, 1.807) is 0 Å². The zero-order valence-electron chi connectivity index (χ0n) is 9.38. The van der Waals surface area contributed by atoms with Crippen LogP contribution < -0.4 is 0 Å². The molecule has 0 N–H and O–H groups in total. The first-order valence-corrected chi connectivity index (χ1v) is 6.26. The van der Waals surface area contributed by atoms with Gasteiger partial charge in [0, 0.05) is 11.8 Å². The minimum absolute atomic E-state index is 0.0892. The first kappa shape index (κ1) is 12.6. The summed E-state index contributed by atoms with van der Waals surface area (Å²) < 4.78 is 13.6. The summed E-state index contributed by atoms with van der Waals surface area (Å²) in [5.41, 5.74) is 0.816. The molecule has 0 spiro atoms. The second kappa shape index (κ2) is 5.64. The first-order chi connectivity index (χ1) is 8.68. The van der Waals surface area contributed by atoms with Gasteiger partial charge in [0.05, 0.1) is 4.92 Å². The summed E-state index contributed by atoms with van der Waals surface area (Å²) in [7, 11) is 0. The SMILES string of the molecule is O=[N+]([O-])c1cccc(F)c1SCc1ccccc1. The van der Waals surface area contributed by atoms with Crippen LogP contribution in [0.15, 0.2) is 53.4 Å². The molecule has 0 fully saturated rings. The fourth-order valence-corrected chi connectivity index (χ4v) is 2.51. The predicted molar refractivity (Wildman–Crippen MR) is 69.1 cm³/mol. The fraction of sp³-hybridized carbons (Fsp3) is 0.0769. The predicted octanol–water partition coefficient (Wildman–Crippen LogP) is 4.03. The second-order valence-electron chi connectivity index (χ2n) is 3.62. The molecule has 0 unspecified atom stereocenters. The Labute approximate surface area is 108 Å². The quantitative estimate of drug-likeness (QED) is 0.475. The maximum atomic E-state index is 13.6. The van der Waals surface area contributed by atoms with Crippen molar-refractivity contribution < 1.29 is 9.31 Å². The van der Waals surface area contributed by atoms with Gasteiger partial charge in [0.15, 0.2) is 0 Å². The molecule has 0 aliphatic carbocycles. The molecule has 0 radical (unpaired) electrons. The van der Waals surface area contributed by atoms with Gasteiger partial charge >= 0.3 is 0 Å². The fourth-order valence-electron chi connectivity index (χ4n) is 1.51. The number of halogens is 1. The largest absolute Gasteiger partial charge is 0.285 e. The van der Waals surface area contributed by atoms with Crippen LogP contribution in [0.25, 0.3) is 0 Å². The van der Waals surface area contributed by atoms with E-state index in [1.165, 1.54) is 18.2 Å². The van der Waals surface area contributed by atoms with Gasteiger partial charge in [-0.2, -0.15) is 0 Å². The van der Waals surface area contributed by atoms with Gasteiger partial charge in [-0.25, -0.2) is 4.39 Å². The van der Waals surface area contributed by atoms with E-state index in [0.717, 1.165) is 17.3 Å². The summed E-state index contributed by atoms with van der Waals surface area (Å²) in [5, 5.41) is 10.8. The van der Waals surface area contributed by atoms with Crippen molar-refractivity contribution in [3.05, 3.63) is 70.0 Å². The lowest BCUT2D eigenvalue weighted by Gasteiger charge is -2.04. The van der Waals surface area contributed by atoms with Gasteiger partial charge in [-0.1, -0.05) is 36.4 Å². The molecule has 5 heteroatoms. The van der Waals surface area contributed by atoms with Crippen LogP contribution in [0, 0.1) is 15.9 Å². The Morgan fingerprint density at radius 2 is 1.83 bits per heavy atom. The van der Waals surface area contributed by atoms with Crippen molar-refractivity contribution in [3.8, 4) is 0 Å². The van der Waals surface area contributed by atoms with Crippen LogP contribution in [0.5, 0.6) is 0 Å². The number of nitro groups is 1. The van der Waals surface area contributed by atoms with Crippen molar-refractivity contribution >= 4 is 17.4 Å². The van der Waals surface area contributed by atoms with Crippen LogP contribution in [-0.2, 0) is 5.75 Å². The average molecular weight is 263 g/mol. The van der Waals surface area contributed by atoms with Gasteiger partial charge in [-0.3, -0.25) is 10.1 Å². The molecule has 2 rings (SSSR count). The van der Waals surface area contributed by atoms with Crippen LogP contribution in [0.2, 0.25) is 0 Å². The van der Waals surface area contributed by atoms with Crippen molar-refractivity contribution in [2.45, 2.75) is 10.6 Å². The molecule has 2 aromatic rings. The molecule has 0 aliphatic rings. The zero-order valence-corrected chi connectivity index (χ0v) is 10.2. The molecule has 0 bridgehead atoms. The van der Waals surface area contributed by atoms with Gasteiger partial charge in [-0.15, -0.1) is 11.8 Å². The van der Waals surface area contributed by atoms with Crippen molar-refractivity contribution in [1.82, 2.24) is 0 Å². The zero-order chi connectivity index (χ0) is 13.0. The molecule has 18 heavy (non-hydrogen) atoms. The van der Waals surface area contributed by atoms with Gasteiger partial charge < -0.3 is 0 Å². The van der Waals surface area contributed by atoms with Gasteiger partial charge in [0.25, 0.3) is 5.69 Å². The number of hydrogen-bond acceptors (Lipinski definition) is 3. The number of nitro benzene ring substituents is 1. The van der Waals surface area contributed by atoms with Crippen molar-refractivity contribution in [3.63, 3.8) is 0 Å². The molecule has 0 heterocycles. The Morgan fingerprint density at radius 1 is 1.11 bits per heavy atom. The number of thioether (sulfide) groups is 1. The second-order valence-corrected chi connectivity index (χ2v) is 4.61. The van der Waals surface area contributed by atoms with Gasteiger partial charge in [0.2, 0.25) is 0 Å². The molecule has 2 aromatic carbocycles. The summed E-state index contributed by atoms with van der Waals surface area (Å²) >= 11 is 1.14. The average Bonchev–Trinajstić information content (AvgIpc) is 2.38. The maximum Gasteiger partial charge on any atom is 0.285 e. The molecule has 0 aromatic heterocycles. The summed E-state index contributed by atoms with van der Waals surface area (Å²) in [5.74, 6) is -0.0482. The highest BCUT2D eigenvalue weighted by Gasteiger charge is 2.17. The highest BCUT2D eigenvalue weighted by molar-refractivity contribution is 7.98. The normalized spacial score (nSPS) is 10.3. The van der Waals surface area contributed by atoms with E-state index in [9.17, 15) is 14.5 Å². The van der Waals surface area contributed by atoms with Crippen LogP contribution in [0.1, 0.15) is 5.56 Å². The molecule has 0 saturated heterocycles. The monoisotopic (exact) mass is 263 g/mol. The summed E-state index contributed by atoms with van der Waals surface area (Å²) in [4.78, 5) is 10.3. The van der Waals surface area contributed by atoms with E-state index < -0.39 is 10.7 Å². The lowest BCUT2D eigenvalue weighted by Crippen LogP contribution is -1.93. The number of hydrogen-bond donors (Lipinski definition) is 0. The molecule has 0 aliphatic heterocycles. The summed E-state index contributed by atoms with van der Waals surface area (Å²) in [6.45, 7) is 0. The minimum Gasteiger partial charge on any atom is -0.258 e. The van der Waals surface area contributed by atoms with Crippen LogP contribution in [-0.4, -0.2) is 4.92 Å². The van der Waals surface area contributed by atoms with Crippen molar-refractivity contribution in [2.24, 2.45) is 0 Å². The third-order valence-corrected chi connectivity index (χ3v) is 3.54. The lowest BCUT2D eigenvalue weighted by molar-refractivity contribution is -0.388. The maximum absolute atomic E-state index is 13.6. The molecule has 3 nitrogen and oxygen atoms in total. The van der Waals surface area contributed by atoms with Gasteiger partial charge in [-0.05, 0) is 11.6 Å². The molecule has 0 amide bonds.